The number of hydrogen-bond acceptors (Lipinski definition) is 4. The number of halogens is 1. The lowest BCUT2D eigenvalue weighted by Gasteiger charge is -2.10. The van der Waals surface area contributed by atoms with Gasteiger partial charge in [0.2, 0.25) is 0 Å². The number of hydrogen-bond donors (Lipinski definition) is 1. The van der Waals surface area contributed by atoms with Crippen LogP contribution in [0.5, 0.6) is 0 Å². The normalized spacial score (nSPS) is 10.6. The van der Waals surface area contributed by atoms with Crippen LogP contribution in [-0.4, -0.2) is 21.0 Å². The maximum absolute atomic E-state index is 11.4. The van der Waals surface area contributed by atoms with Crippen LogP contribution < -0.4 is 0 Å². The summed E-state index contributed by atoms with van der Waals surface area (Å²) in [5.41, 5.74) is 2.72. The second-order valence-corrected chi connectivity index (χ2v) is 6.34. The second kappa shape index (κ2) is 5.93. The highest BCUT2D eigenvalue weighted by atomic mass is 79.9. The van der Waals surface area contributed by atoms with E-state index in [9.17, 15) is 9.90 Å². The minimum absolute atomic E-state index is 0.240. The smallest absolute Gasteiger partial charge is 0.338 e. The van der Waals surface area contributed by atoms with E-state index in [4.69, 9.17) is 0 Å². The molecule has 0 aliphatic rings. The van der Waals surface area contributed by atoms with Gasteiger partial charge in [-0.15, -0.1) is 0 Å². The molecule has 2 aromatic rings. The van der Waals surface area contributed by atoms with Crippen LogP contribution in [0.15, 0.2) is 32.9 Å². The van der Waals surface area contributed by atoms with Crippen LogP contribution in [0.4, 0.5) is 0 Å². The van der Waals surface area contributed by atoms with Gasteiger partial charge < -0.3 is 5.11 Å². The van der Waals surface area contributed by atoms with E-state index in [2.05, 4.69) is 25.9 Å². The molecule has 104 valence electrons. The van der Waals surface area contributed by atoms with Gasteiger partial charge in [-0.2, -0.15) is 0 Å². The summed E-state index contributed by atoms with van der Waals surface area (Å²) in [7, 11) is 0. The maximum Gasteiger partial charge on any atom is 0.338 e. The zero-order valence-electron chi connectivity index (χ0n) is 11.3. The molecule has 2 aromatic heterocycles. The van der Waals surface area contributed by atoms with E-state index in [0.29, 0.717) is 10.6 Å². The Morgan fingerprint density at radius 2 is 1.90 bits per heavy atom. The standard InChI is InChI=1S/C14H13BrN2O2S/c1-7-4-9(3)17-13(11(7)14(18)19)20-12-8(2)5-10(15)6-16-12/h4-6H,1-3H3,(H,18,19). The van der Waals surface area contributed by atoms with Crippen LogP contribution in [-0.2, 0) is 0 Å². The van der Waals surface area contributed by atoms with E-state index < -0.39 is 5.97 Å². The number of nitrogens with zero attached hydrogens (tertiary/aromatic N) is 2. The minimum Gasteiger partial charge on any atom is -0.478 e. The highest BCUT2D eigenvalue weighted by Crippen LogP contribution is 2.32. The molecule has 0 aliphatic heterocycles. The molecule has 0 fully saturated rings. The summed E-state index contributed by atoms with van der Waals surface area (Å²) >= 11 is 4.64. The summed E-state index contributed by atoms with van der Waals surface area (Å²) in [6.07, 6.45) is 1.69. The van der Waals surface area contributed by atoms with E-state index in [1.54, 1.807) is 19.2 Å². The first-order chi connectivity index (χ1) is 9.38. The van der Waals surface area contributed by atoms with E-state index >= 15 is 0 Å². The summed E-state index contributed by atoms with van der Waals surface area (Å²) < 4.78 is 0.895. The molecule has 0 saturated carbocycles. The van der Waals surface area contributed by atoms with Crippen molar-refractivity contribution in [2.75, 3.05) is 0 Å². The highest BCUT2D eigenvalue weighted by Gasteiger charge is 2.18. The summed E-state index contributed by atoms with van der Waals surface area (Å²) in [5, 5.41) is 10.6. The topological polar surface area (TPSA) is 63.1 Å². The van der Waals surface area contributed by atoms with Crippen LogP contribution in [0.1, 0.15) is 27.2 Å². The molecule has 20 heavy (non-hydrogen) atoms. The molecule has 0 aliphatic carbocycles. The minimum atomic E-state index is -0.965. The van der Waals surface area contributed by atoms with E-state index in [1.807, 2.05) is 19.9 Å². The lowest BCUT2D eigenvalue weighted by atomic mass is 10.1. The van der Waals surface area contributed by atoms with E-state index in [1.165, 1.54) is 11.8 Å². The quantitative estimate of drug-likeness (QED) is 0.903. The van der Waals surface area contributed by atoms with Gasteiger partial charge in [0.05, 0.1) is 5.56 Å². The van der Waals surface area contributed by atoms with E-state index in [0.717, 1.165) is 20.8 Å². The molecule has 0 saturated heterocycles. The molecule has 0 radical (unpaired) electrons. The molecular formula is C14H13BrN2O2S. The van der Waals surface area contributed by atoms with Gasteiger partial charge in [0.15, 0.2) is 0 Å². The van der Waals surface area contributed by atoms with Crippen molar-refractivity contribution >= 4 is 33.7 Å². The average molecular weight is 353 g/mol. The van der Waals surface area contributed by atoms with Gasteiger partial charge in [0.25, 0.3) is 0 Å². The first-order valence-corrected chi connectivity index (χ1v) is 7.51. The molecule has 0 amide bonds. The van der Waals surface area contributed by atoms with Gasteiger partial charge >= 0.3 is 5.97 Å². The monoisotopic (exact) mass is 352 g/mol. The molecule has 4 nitrogen and oxygen atoms in total. The highest BCUT2D eigenvalue weighted by molar-refractivity contribution is 9.10. The third-order valence-electron chi connectivity index (χ3n) is 2.72. The van der Waals surface area contributed by atoms with Crippen LogP contribution in [0.25, 0.3) is 0 Å². The first-order valence-electron chi connectivity index (χ1n) is 5.90. The second-order valence-electron chi connectivity index (χ2n) is 4.44. The number of carboxylic acid groups (broad SMARTS) is 1. The SMILES string of the molecule is Cc1cc(C)c(C(=O)O)c(Sc2ncc(Br)cc2C)n1. The van der Waals surface area contributed by atoms with Gasteiger partial charge in [0, 0.05) is 16.4 Å². The van der Waals surface area contributed by atoms with Crippen molar-refractivity contribution in [2.24, 2.45) is 0 Å². The van der Waals surface area contributed by atoms with Gasteiger partial charge in [-0.1, -0.05) is 0 Å². The number of carboxylic acids is 1. The van der Waals surface area contributed by atoms with Crippen molar-refractivity contribution in [3.05, 3.63) is 45.2 Å². The van der Waals surface area contributed by atoms with E-state index in [-0.39, 0.29) is 5.56 Å². The summed E-state index contributed by atoms with van der Waals surface area (Å²) in [6.45, 7) is 5.57. The van der Waals surface area contributed by atoms with Crippen molar-refractivity contribution < 1.29 is 9.90 Å². The first kappa shape index (κ1) is 15.0. The van der Waals surface area contributed by atoms with Crippen molar-refractivity contribution in [3.8, 4) is 0 Å². The number of pyridine rings is 2. The Bertz CT molecular complexity index is 689. The van der Waals surface area contributed by atoms with Crippen LogP contribution >= 0.6 is 27.7 Å². The molecule has 0 spiro atoms. The lowest BCUT2D eigenvalue weighted by Crippen LogP contribution is -2.05. The van der Waals surface area contributed by atoms with Gasteiger partial charge in [-0.25, -0.2) is 14.8 Å². The molecule has 2 heterocycles. The Hall–Kier alpha value is -1.40. The Morgan fingerprint density at radius 3 is 2.50 bits per heavy atom. The molecular weight excluding hydrogens is 340 g/mol. The number of aryl methyl sites for hydroxylation is 3. The summed E-state index contributed by atoms with van der Waals surface area (Å²) in [5.74, 6) is -0.965. The van der Waals surface area contributed by atoms with Gasteiger partial charge in [-0.3, -0.25) is 0 Å². The van der Waals surface area contributed by atoms with Crippen molar-refractivity contribution in [3.63, 3.8) is 0 Å². The van der Waals surface area contributed by atoms with Crippen molar-refractivity contribution in [1.29, 1.82) is 0 Å². The average Bonchev–Trinajstić information content (AvgIpc) is 2.31. The lowest BCUT2D eigenvalue weighted by molar-refractivity contribution is 0.0691. The van der Waals surface area contributed by atoms with Crippen LogP contribution in [0, 0.1) is 20.8 Å². The number of aromatic nitrogens is 2. The Kier molecular flexibility index (Phi) is 4.45. The summed E-state index contributed by atoms with van der Waals surface area (Å²) in [4.78, 5) is 20.1. The zero-order chi connectivity index (χ0) is 14.9. The molecule has 0 aromatic carbocycles. The fourth-order valence-corrected chi connectivity index (χ4v) is 3.36. The van der Waals surface area contributed by atoms with Crippen molar-refractivity contribution in [1.82, 2.24) is 9.97 Å². The zero-order valence-corrected chi connectivity index (χ0v) is 13.7. The fourth-order valence-electron chi connectivity index (χ4n) is 1.86. The van der Waals surface area contributed by atoms with Crippen LogP contribution in [0.2, 0.25) is 0 Å². The van der Waals surface area contributed by atoms with Gasteiger partial charge in [-0.05, 0) is 71.7 Å². The molecule has 2 rings (SSSR count). The Labute approximate surface area is 129 Å². The number of carbonyl (C=O) groups is 1. The molecule has 0 bridgehead atoms. The Morgan fingerprint density at radius 1 is 1.20 bits per heavy atom. The maximum atomic E-state index is 11.4. The largest absolute Gasteiger partial charge is 0.478 e. The molecule has 6 heteroatoms. The third kappa shape index (κ3) is 3.19. The van der Waals surface area contributed by atoms with Gasteiger partial charge in [0.1, 0.15) is 10.1 Å². The predicted molar refractivity (Wildman–Crippen MR) is 81.5 cm³/mol. The molecule has 1 N–H and O–H groups in total. The number of aromatic carboxylic acids is 1. The predicted octanol–water partition coefficient (Wildman–Crippen LogP) is 4.01. The van der Waals surface area contributed by atoms with Crippen molar-refractivity contribution in [2.45, 2.75) is 30.8 Å². The fraction of sp³-hybridized carbons (Fsp3) is 0.214. The number of rotatable bonds is 3. The molecule has 0 unspecified atom stereocenters. The Balaban J connectivity index is 2.50. The summed E-state index contributed by atoms with van der Waals surface area (Å²) in [6, 6.07) is 3.72. The molecule has 0 atom stereocenters. The van der Waals surface area contributed by atoms with Crippen LogP contribution in [0.3, 0.4) is 0 Å². The third-order valence-corrected chi connectivity index (χ3v) is 4.26.